The quantitative estimate of drug-likeness (QED) is 0.697. The van der Waals surface area contributed by atoms with Gasteiger partial charge < -0.3 is 5.32 Å². The highest BCUT2D eigenvalue weighted by Crippen LogP contribution is 2.32. The lowest BCUT2D eigenvalue weighted by atomic mass is 9.91. The van der Waals surface area contributed by atoms with Gasteiger partial charge in [0.05, 0.1) is 0 Å². The third kappa shape index (κ3) is 5.62. The number of hydrogen-bond donors (Lipinski definition) is 1. The van der Waals surface area contributed by atoms with Crippen molar-refractivity contribution in [2.75, 3.05) is 18.8 Å². The van der Waals surface area contributed by atoms with Gasteiger partial charge in [0.15, 0.2) is 0 Å². The highest BCUT2D eigenvalue weighted by atomic mass is 32.2. The Morgan fingerprint density at radius 1 is 1.47 bits per heavy atom. The number of hydrogen-bond acceptors (Lipinski definition) is 2. The molecule has 1 aliphatic carbocycles. The summed E-state index contributed by atoms with van der Waals surface area (Å²) >= 11 is 2.12. The van der Waals surface area contributed by atoms with Crippen LogP contribution in [0.15, 0.2) is 12.2 Å². The Labute approximate surface area is 99.1 Å². The SMILES string of the molecule is C=C(CNCC)CSC1CCCC(C)C1. The molecule has 0 aliphatic heterocycles. The fraction of sp³-hybridized carbons (Fsp3) is 0.846. The van der Waals surface area contributed by atoms with Gasteiger partial charge in [0, 0.05) is 17.5 Å². The minimum absolute atomic E-state index is 0.895. The number of rotatable bonds is 6. The van der Waals surface area contributed by atoms with Gasteiger partial charge >= 0.3 is 0 Å². The molecule has 0 aromatic rings. The Kier molecular flexibility index (Phi) is 6.42. The van der Waals surface area contributed by atoms with Crippen molar-refractivity contribution in [2.45, 2.75) is 44.8 Å². The van der Waals surface area contributed by atoms with Crippen molar-refractivity contribution >= 4 is 11.8 Å². The van der Waals surface area contributed by atoms with Crippen LogP contribution in [0.25, 0.3) is 0 Å². The lowest BCUT2D eigenvalue weighted by Gasteiger charge is -2.26. The van der Waals surface area contributed by atoms with E-state index in [1.165, 1.54) is 31.3 Å². The smallest absolute Gasteiger partial charge is 0.0170 e. The van der Waals surface area contributed by atoms with Crippen molar-refractivity contribution in [1.82, 2.24) is 5.32 Å². The maximum Gasteiger partial charge on any atom is 0.0170 e. The Balaban J connectivity index is 2.10. The molecule has 0 saturated heterocycles. The summed E-state index contributed by atoms with van der Waals surface area (Å²) in [6, 6.07) is 0. The second-order valence-corrected chi connectivity index (χ2v) is 6.02. The van der Waals surface area contributed by atoms with Gasteiger partial charge in [0.1, 0.15) is 0 Å². The monoisotopic (exact) mass is 227 g/mol. The summed E-state index contributed by atoms with van der Waals surface area (Å²) in [5, 5.41) is 4.23. The van der Waals surface area contributed by atoms with Crippen LogP contribution in [0.1, 0.15) is 39.5 Å². The van der Waals surface area contributed by atoms with Gasteiger partial charge in [-0.3, -0.25) is 0 Å². The molecule has 0 bridgehead atoms. The first-order valence-corrected chi connectivity index (χ1v) is 7.26. The van der Waals surface area contributed by atoms with Crippen LogP contribution in [0.2, 0.25) is 0 Å². The molecule has 0 amide bonds. The van der Waals surface area contributed by atoms with Gasteiger partial charge in [-0.25, -0.2) is 0 Å². The molecule has 1 saturated carbocycles. The summed E-state index contributed by atoms with van der Waals surface area (Å²) in [6.07, 6.45) is 5.70. The predicted octanol–water partition coefficient (Wildman–Crippen LogP) is 3.46. The van der Waals surface area contributed by atoms with Gasteiger partial charge in [-0.05, 0) is 25.3 Å². The summed E-state index contributed by atoms with van der Waals surface area (Å²) < 4.78 is 0. The second-order valence-electron chi connectivity index (χ2n) is 4.74. The summed E-state index contributed by atoms with van der Waals surface area (Å²) in [4.78, 5) is 0. The van der Waals surface area contributed by atoms with Crippen molar-refractivity contribution in [1.29, 1.82) is 0 Å². The van der Waals surface area contributed by atoms with Gasteiger partial charge in [-0.2, -0.15) is 11.8 Å². The van der Waals surface area contributed by atoms with Crippen LogP contribution in [0.5, 0.6) is 0 Å². The highest BCUT2D eigenvalue weighted by Gasteiger charge is 2.18. The summed E-state index contributed by atoms with van der Waals surface area (Å²) in [5.41, 5.74) is 1.35. The van der Waals surface area contributed by atoms with Crippen LogP contribution in [-0.4, -0.2) is 24.1 Å². The van der Waals surface area contributed by atoms with E-state index in [2.05, 4.69) is 37.5 Å². The normalized spacial score (nSPS) is 26.5. The average Bonchev–Trinajstić information content (AvgIpc) is 2.23. The molecule has 15 heavy (non-hydrogen) atoms. The maximum atomic E-state index is 4.11. The average molecular weight is 227 g/mol. The zero-order valence-electron chi connectivity index (χ0n) is 10.2. The van der Waals surface area contributed by atoms with E-state index >= 15 is 0 Å². The molecule has 1 fully saturated rings. The topological polar surface area (TPSA) is 12.0 Å². The standard InChI is InChI=1S/C13H25NS/c1-4-14-9-12(3)10-15-13-7-5-6-11(2)8-13/h11,13-14H,3-10H2,1-2H3. The fourth-order valence-corrected chi connectivity index (χ4v) is 3.49. The van der Waals surface area contributed by atoms with Crippen molar-refractivity contribution in [2.24, 2.45) is 5.92 Å². The first-order valence-electron chi connectivity index (χ1n) is 6.21. The molecule has 1 N–H and O–H groups in total. The number of likely N-dealkylation sites (N-methyl/N-ethyl adjacent to an activating group) is 1. The molecular formula is C13H25NS. The lowest BCUT2D eigenvalue weighted by Crippen LogP contribution is -2.19. The number of thioether (sulfide) groups is 1. The third-order valence-electron chi connectivity index (χ3n) is 3.04. The van der Waals surface area contributed by atoms with E-state index in [9.17, 15) is 0 Å². The van der Waals surface area contributed by atoms with Gasteiger partial charge in [-0.15, -0.1) is 0 Å². The summed E-state index contributed by atoms with van der Waals surface area (Å²) in [6.45, 7) is 10.7. The Hall–Kier alpha value is 0.0500. The minimum Gasteiger partial charge on any atom is -0.313 e. The van der Waals surface area contributed by atoms with Gasteiger partial charge in [-0.1, -0.05) is 38.8 Å². The van der Waals surface area contributed by atoms with Crippen LogP contribution in [0.4, 0.5) is 0 Å². The first-order chi connectivity index (χ1) is 7.22. The number of nitrogens with one attached hydrogen (secondary N) is 1. The molecule has 2 heteroatoms. The van der Waals surface area contributed by atoms with E-state index in [1.54, 1.807) is 0 Å². The molecule has 1 nitrogen and oxygen atoms in total. The first kappa shape index (κ1) is 13.1. The van der Waals surface area contributed by atoms with E-state index in [-0.39, 0.29) is 0 Å². The molecule has 0 aromatic carbocycles. The van der Waals surface area contributed by atoms with Crippen LogP contribution in [0, 0.1) is 5.92 Å². The highest BCUT2D eigenvalue weighted by molar-refractivity contribution is 8.00. The molecule has 0 aromatic heterocycles. The van der Waals surface area contributed by atoms with E-state index in [0.717, 1.165) is 30.0 Å². The van der Waals surface area contributed by atoms with E-state index in [0.29, 0.717) is 0 Å². The third-order valence-corrected chi connectivity index (χ3v) is 4.51. The van der Waals surface area contributed by atoms with Gasteiger partial charge in [0.2, 0.25) is 0 Å². The zero-order chi connectivity index (χ0) is 11.1. The van der Waals surface area contributed by atoms with Gasteiger partial charge in [0.25, 0.3) is 0 Å². The maximum absolute atomic E-state index is 4.11. The minimum atomic E-state index is 0.895. The molecule has 88 valence electrons. The molecule has 0 radical (unpaired) electrons. The van der Waals surface area contributed by atoms with E-state index in [4.69, 9.17) is 0 Å². The summed E-state index contributed by atoms with van der Waals surface area (Å²) in [5.74, 6) is 2.09. The van der Waals surface area contributed by atoms with Crippen molar-refractivity contribution < 1.29 is 0 Å². The lowest BCUT2D eigenvalue weighted by molar-refractivity contribution is 0.394. The molecular weight excluding hydrogens is 202 g/mol. The summed E-state index contributed by atoms with van der Waals surface area (Å²) in [7, 11) is 0. The second kappa shape index (κ2) is 7.34. The molecule has 1 rings (SSSR count). The van der Waals surface area contributed by atoms with Crippen LogP contribution in [-0.2, 0) is 0 Å². The van der Waals surface area contributed by atoms with Crippen LogP contribution < -0.4 is 5.32 Å². The molecule has 2 atom stereocenters. The van der Waals surface area contributed by atoms with Crippen molar-refractivity contribution in [3.05, 3.63) is 12.2 Å². The van der Waals surface area contributed by atoms with Crippen LogP contribution >= 0.6 is 11.8 Å². The molecule has 1 aliphatic rings. The molecule has 2 unspecified atom stereocenters. The largest absolute Gasteiger partial charge is 0.313 e. The van der Waals surface area contributed by atoms with E-state index < -0.39 is 0 Å². The van der Waals surface area contributed by atoms with Crippen molar-refractivity contribution in [3.63, 3.8) is 0 Å². The fourth-order valence-electron chi connectivity index (χ4n) is 2.12. The van der Waals surface area contributed by atoms with Crippen LogP contribution in [0.3, 0.4) is 0 Å². The Bertz CT molecular complexity index is 191. The molecule has 0 spiro atoms. The molecule has 0 heterocycles. The van der Waals surface area contributed by atoms with Crippen molar-refractivity contribution in [3.8, 4) is 0 Å². The Morgan fingerprint density at radius 3 is 2.93 bits per heavy atom. The van der Waals surface area contributed by atoms with E-state index in [1.807, 2.05) is 0 Å². The predicted molar refractivity (Wildman–Crippen MR) is 71.6 cm³/mol. The zero-order valence-corrected chi connectivity index (χ0v) is 11.0. The Morgan fingerprint density at radius 2 is 2.27 bits per heavy atom.